The van der Waals surface area contributed by atoms with E-state index in [0.717, 1.165) is 12.8 Å². The van der Waals surface area contributed by atoms with E-state index in [9.17, 15) is 9.59 Å². The average Bonchev–Trinajstić information content (AvgIpc) is 2.88. The largest absolute Gasteiger partial charge is 0.348 e. The summed E-state index contributed by atoms with van der Waals surface area (Å²) in [6.07, 6.45) is 3.27. The molecule has 0 radical (unpaired) electrons. The predicted molar refractivity (Wildman–Crippen MR) is 45.3 cm³/mol. The highest BCUT2D eigenvalue weighted by molar-refractivity contribution is 5.92. The first-order valence-electron chi connectivity index (χ1n) is 4.11. The summed E-state index contributed by atoms with van der Waals surface area (Å²) in [6.45, 7) is 0. The summed E-state index contributed by atoms with van der Waals surface area (Å²) in [7, 11) is 0. The Hall–Kier alpha value is -1.65. The molecule has 0 atom stereocenters. The van der Waals surface area contributed by atoms with E-state index in [1.807, 2.05) is 0 Å². The Labute approximate surface area is 74.2 Å². The third kappa shape index (κ3) is 1.93. The zero-order valence-corrected chi connectivity index (χ0v) is 6.91. The molecule has 0 bridgehead atoms. The van der Waals surface area contributed by atoms with E-state index in [0.29, 0.717) is 0 Å². The lowest BCUT2D eigenvalue weighted by Crippen LogP contribution is -2.27. The van der Waals surface area contributed by atoms with Crippen LogP contribution in [0.2, 0.25) is 0 Å². The van der Waals surface area contributed by atoms with Gasteiger partial charge in [0.15, 0.2) is 0 Å². The number of aromatic nitrogens is 2. The summed E-state index contributed by atoms with van der Waals surface area (Å²) < 4.78 is 0. The van der Waals surface area contributed by atoms with Crippen LogP contribution in [0.1, 0.15) is 23.3 Å². The lowest BCUT2D eigenvalue weighted by atomic mass is 10.4. The Bertz CT molecular complexity index is 381. The molecule has 0 aromatic carbocycles. The number of rotatable bonds is 2. The van der Waals surface area contributed by atoms with Gasteiger partial charge < -0.3 is 10.3 Å². The molecule has 0 saturated heterocycles. The van der Waals surface area contributed by atoms with Crippen molar-refractivity contribution < 1.29 is 4.79 Å². The molecule has 1 heterocycles. The van der Waals surface area contributed by atoms with Gasteiger partial charge in [0.1, 0.15) is 5.69 Å². The van der Waals surface area contributed by atoms with Crippen molar-refractivity contribution in [3.05, 3.63) is 28.4 Å². The van der Waals surface area contributed by atoms with Gasteiger partial charge in [-0.2, -0.15) is 0 Å². The Kier molecular flexibility index (Phi) is 1.84. The monoisotopic (exact) mass is 179 g/mol. The highest BCUT2D eigenvalue weighted by atomic mass is 16.2. The van der Waals surface area contributed by atoms with Gasteiger partial charge in [-0.1, -0.05) is 0 Å². The van der Waals surface area contributed by atoms with Crippen LogP contribution in [0.25, 0.3) is 0 Å². The molecule has 1 amide bonds. The lowest BCUT2D eigenvalue weighted by molar-refractivity contribution is 0.0946. The SMILES string of the molecule is O=C(NC1CC1)c1cc(=O)[nH]cn1. The number of aromatic amines is 1. The number of nitrogens with one attached hydrogen (secondary N) is 2. The van der Waals surface area contributed by atoms with Crippen molar-refractivity contribution in [1.29, 1.82) is 0 Å². The molecule has 68 valence electrons. The maximum absolute atomic E-state index is 11.3. The van der Waals surface area contributed by atoms with Crippen molar-refractivity contribution >= 4 is 5.91 Å². The average molecular weight is 179 g/mol. The Morgan fingerprint density at radius 3 is 3.00 bits per heavy atom. The van der Waals surface area contributed by atoms with Crippen LogP contribution in [0.5, 0.6) is 0 Å². The molecule has 0 unspecified atom stereocenters. The van der Waals surface area contributed by atoms with Gasteiger partial charge in [-0.3, -0.25) is 9.59 Å². The Morgan fingerprint density at radius 1 is 1.62 bits per heavy atom. The van der Waals surface area contributed by atoms with E-state index < -0.39 is 0 Å². The van der Waals surface area contributed by atoms with Crippen LogP contribution in [0.15, 0.2) is 17.2 Å². The number of hydrogen-bond donors (Lipinski definition) is 2. The fourth-order valence-electron chi connectivity index (χ4n) is 0.980. The van der Waals surface area contributed by atoms with Gasteiger partial charge in [0.05, 0.1) is 6.33 Å². The van der Waals surface area contributed by atoms with Crippen molar-refractivity contribution in [3.8, 4) is 0 Å². The minimum atomic E-state index is -0.309. The minimum absolute atomic E-state index is 0.177. The second-order valence-corrected chi connectivity index (χ2v) is 3.04. The first-order chi connectivity index (χ1) is 6.25. The summed E-state index contributed by atoms with van der Waals surface area (Å²) in [5, 5.41) is 2.74. The van der Waals surface area contributed by atoms with Crippen LogP contribution < -0.4 is 10.9 Å². The number of carbonyl (C=O) groups excluding carboxylic acids is 1. The van der Waals surface area contributed by atoms with Gasteiger partial charge >= 0.3 is 0 Å². The number of amides is 1. The van der Waals surface area contributed by atoms with Crippen LogP contribution in [-0.4, -0.2) is 21.9 Å². The fourth-order valence-corrected chi connectivity index (χ4v) is 0.980. The third-order valence-electron chi connectivity index (χ3n) is 1.82. The molecule has 1 saturated carbocycles. The van der Waals surface area contributed by atoms with E-state index in [2.05, 4.69) is 15.3 Å². The van der Waals surface area contributed by atoms with Gasteiger partial charge in [0.25, 0.3) is 11.5 Å². The van der Waals surface area contributed by atoms with Crippen LogP contribution in [0.3, 0.4) is 0 Å². The zero-order valence-electron chi connectivity index (χ0n) is 6.91. The van der Waals surface area contributed by atoms with Crippen molar-refractivity contribution in [2.24, 2.45) is 0 Å². The van der Waals surface area contributed by atoms with Crippen LogP contribution in [-0.2, 0) is 0 Å². The molecule has 5 nitrogen and oxygen atoms in total. The predicted octanol–water partition coefficient (Wildman–Crippen LogP) is -0.338. The first-order valence-corrected chi connectivity index (χ1v) is 4.11. The van der Waals surface area contributed by atoms with Crippen LogP contribution in [0.4, 0.5) is 0 Å². The smallest absolute Gasteiger partial charge is 0.270 e. The maximum atomic E-state index is 11.3. The quantitative estimate of drug-likeness (QED) is 0.652. The van der Waals surface area contributed by atoms with Crippen LogP contribution in [0, 0.1) is 0 Å². The fraction of sp³-hybridized carbons (Fsp3) is 0.375. The lowest BCUT2D eigenvalue weighted by Gasteiger charge is -2.00. The van der Waals surface area contributed by atoms with Gasteiger partial charge in [0, 0.05) is 12.1 Å². The first kappa shape index (κ1) is 7.97. The molecule has 0 aliphatic heterocycles. The van der Waals surface area contributed by atoms with Crippen molar-refractivity contribution in [2.75, 3.05) is 0 Å². The van der Waals surface area contributed by atoms with E-state index >= 15 is 0 Å². The molecule has 1 aliphatic rings. The second kappa shape index (κ2) is 3.01. The topological polar surface area (TPSA) is 74.8 Å². The molecule has 2 rings (SSSR count). The Morgan fingerprint density at radius 2 is 2.38 bits per heavy atom. The molecule has 1 aromatic rings. The maximum Gasteiger partial charge on any atom is 0.270 e. The highest BCUT2D eigenvalue weighted by Gasteiger charge is 2.24. The molecule has 13 heavy (non-hydrogen) atoms. The van der Waals surface area contributed by atoms with Gasteiger partial charge in [-0.05, 0) is 12.8 Å². The van der Waals surface area contributed by atoms with Crippen molar-refractivity contribution in [3.63, 3.8) is 0 Å². The summed E-state index contributed by atoms with van der Waals surface area (Å²) in [6, 6.07) is 1.48. The molecule has 2 N–H and O–H groups in total. The van der Waals surface area contributed by atoms with E-state index in [4.69, 9.17) is 0 Å². The van der Waals surface area contributed by atoms with E-state index in [-0.39, 0.29) is 23.2 Å². The summed E-state index contributed by atoms with van der Waals surface area (Å²) >= 11 is 0. The third-order valence-corrected chi connectivity index (χ3v) is 1.82. The molecule has 1 aliphatic carbocycles. The zero-order chi connectivity index (χ0) is 9.26. The number of carbonyl (C=O) groups is 1. The molecule has 5 heteroatoms. The normalized spacial score (nSPS) is 15.4. The second-order valence-electron chi connectivity index (χ2n) is 3.04. The molecule has 1 fully saturated rings. The van der Waals surface area contributed by atoms with E-state index in [1.165, 1.54) is 12.4 Å². The number of H-pyrrole nitrogens is 1. The van der Waals surface area contributed by atoms with Crippen molar-refractivity contribution in [1.82, 2.24) is 15.3 Å². The van der Waals surface area contributed by atoms with Gasteiger partial charge in [0.2, 0.25) is 0 Å². The Balaban J connectivity index is 2.14. The van der Waals surface area contributed by atoms with Gasteiger partial charge in [-0.25, -0.2) is 4.98 Å². The van der Waals surface area contributed by atoms with Crippen molar-refractivity contribution in [2.45, 2.75) is 18.9 Å². The summed E-state index contributed by atoms with van der Waals surface area (Å²) in [4.78, 5) is 28.2. The minimum Gasteiger partial charge on any atom is -0.348 e. The molecule has 0 spiro atoms. The molecule has 1 aromatic heterocycles. The molecular formula is C8H9N3O2. The van der Waals surface area contributed by atoms with Gasteiger partial charge in [-0.15, -0.1) is 0 Å². The standard InChI is InChI=1S/C8H9N3O2/c12-7-3-6(9-4-10-7)8(13)11-5-1-2-5/h3-5H,1-2H2,(H,11,13)(H,9,10,12). The number of hydrogen-bond acceptors (Lipinski definition) is 3. The highest BCUT2D eigenvalue weighted by Crippen LogP contribution is 2.18. The number of nitrogens with zero attached hydrogens (tertiary/aromatic N) is 1. The molecular weight excluding hydrogens is 170 g/mol. The summed E-state index contributed by atoms with van der Waals surface area (Å²) in [5.41, 5.74) is -0.133. The van der Waals surface area contributed by atoms with E-state index in [1.54, 1.807) is 0 Å². The van der Waals surface area contributed by atoms with Crippen LogP contribution >= 0.6 is 0 Å². The summed E-state index contributed by atoms with van der Waals surface area (Å²) in [5.74, 6) is -0.270.